The van der Waals surface area contributed by atoms with Crippen LogP contribution in [0.4, 0.5) is 0 Å². The van der Waals surface area contributed by atoms with Crippen molar-refractivity contribution in [3.8, 4) is 6.07 Å². The molecule has 0 aromatic heterocycles. The lowest BCUT2D eigenvalue weighted by molar-refractivity contribution is -0.138. The van der Waals surface area contributed by atoms with Gasteiger partial charge in [0.25, 0.3) is 0 Å². The molecule has 0 unspecified atom stereocenters. The maximum Gasteiger partial charge on any atom is 0.337 e. The second kappa shape index (κ2) is 18.7. The molecule has 1 N–H and O–H groups in total. The third-order valence-electron chi connectivity index (χ3n) is 2.58. The fourth-order valence-electron chi connectivity index (χ4n) is 1.26. The van der Waals surface area contributed by atoms with Crippen LogP contribution in [0.15, 0.2) is 67.3 Å². The minimum atomic E-state index is -1.12. The number of carboxylic acid groups (broad SMARTS) is 1. The van der Waals surface area contributed by atoms with Gasteiger partial charge in [0.2, 0.25) is 0 Å². The summed E-state index contributed by atoms with van der Waals surface area (Å²) in [4.78, 5) is 30.2. The quantitative estimate of drug-likeness (QED) is 0.196. The Kier molecular flexibility index (Phi) is 17.7. The van der Waals surface area contributed by atoms with E-state index in [1.54, 1.807) is 0 Å². The SMILES string of the molecule is C=C(C=CC(=O)O)C(=O)OCCCC.C=Cc1ccccc1.N#CC=C=O. The molecule has 27 heavy (non-hydrogen) atoms. The molecule has 0 saturated heterocycles. The van der Waals surface area contributed by atoms with Crippen LogP contribution in [0.2, 0.25) is 0 Å². The number of carbonyl (C=O) groups is 2. The van der Waals surface area contributed by atoms with E-state index in [9.17, 15) is 9.59 Å². The summed E-state index contributed by atoms with van der Waals surface area (Å²) in [5.41, 5.74) is 1.22. The molecule has 0 heterocycles. The Balaban J connectivity index is 0. The lowest BCUT2D eigenvalue weighted by Crippen LogP contribution is -2.07. The van der Waals surface area contributed by atoms with Crippen LogP contribution in [0.5, 0.6) is 0 Å². The highest BCUT2D eigenvalue weighted by atomic mass is 16.5. The summed E-state index contributed by atoms with van der Waals surface area (Å²) in [5, 5.41) is 15.8. The minimum Gasteiger partial charge on any atom is -0.478 e. The fourth-order valence-corrected chi connectivity index (χ4v) is 1.26. The maximum atomic E-state index is 11.1. The van der Waals surface area contributed by atoms with E-state index in [-0.39, 0.29) is 5.57 Å². The van der Waals surface area contributed by atoms with Crippen LogP contribution >= 0.6 is 0 Å². The molecule has 6 heteroatoms. The van der Waals surface area contributed by atoms with Crippen molar-refractivity contribution in [1.29, 1.82) is 5.26 Å². The molecule has 1 aromatic carbocycles. The molecular weight excluding hydrogens is 346 g/mol. The van der Waals surface area contributed by atoms with Crippen molar-refractivity contribution in [3.63, 3.8) is 0 Å². The topological polar surface area (TPSA) is 104 Å². The number of carbonyl (C=O) groups excluding carboxylic acids is 2. The van der Waals surface area contributed by atoms with Gasteiger partial charge < -0.3 is 9.84 Å². The molecular formula is C21H23NO5. The third-order valence-corrected chi connectivity index (χ3v) is 2.58. The highest BCUT2D eigenvalue weighted by molar-refractivity contribution is 5.93. The molecule has 1 rings (SSSR count). The van der Waals surface area contributed by atoms with Gasteiger partial charge >= 0.3 is 11.9 Å². The average Bonchev–Trinajstić information content (AvgIpc) is 2.68. The van der Waals surface area contributed by atoms with E-state index in [0.717, 1.165) is 31.1 Å². The van der Waals surface area contributed by atoms with E-state index < -0.39 is 11.9 Å². The lowest BCUT2D eigenvalue weighted by atomic mass is 10.2. The molecule has 1 aromatic rings. The highest BCUT2D eigenvalue weighted by Gasteiger charge is 2.04. The van der Waals surface area contributed by atoms with Gasteiger partial charge in [-0.25, -0.2) is 14.4 Å². The standard InChI is InChI=1S/C10H14O4.C8H8.C3HNO/c1-3-4-7-14-10(13)8(2)5-6-9(11)12;1-2-8-6-4-3-5-7-8;4-2-1-3-5/h5-6H,2-4,7H2,1H3,(H,11,12);2-7H,1H2;1H. The second-order valence-corrected chi connectivity index (χ2v) is 4.69. The highest BCUT2D eigenvalue weighted by Crippen LogP contribution is 1.99. The fraction of sp³-hybridized carbons (Fsp3) is 0.190. The van der Waals surface area contributed by atoms with Crippen LogP contribution in [0.25, 0.3) is 6.08 Å². The summed E-state index contributed by atoms with van der Waals surface area (Å²) in [7, 11) is 0. The lowest BCUT2D eigenvalue weighted by Gasteiger charge is -2.02. The number of nitrogens with zero attached hydrogens (tertiary/aromatic N) is 1. The average molecular weight is 369 g/mol. The summed E-state index contributed by atoms with van der Waals surface area (Å²) in [5.74, 6) is -0.410. The molecule has 0 spiro atoms. The summed E-state index contributed by atoms with van der Waals surface area (Å²) < 4.78 is 4.79. The zero-order valence-electron chi connectivity index (χ0n) is 15.3. The molecule has 0 atom stereocenters. The maximum absolute atomic E-state index is 11.1. The number of allylic oxidation sites excluding steroid dienone is 1. The first kappa shape index (κ1) is 25.6. The number of esters is 1. The first-order chi connectivity index (χ1) is 12.9. The molecule has 0 bridgehead atoms. The normalized spacial score (nSPS) is 8.44. The number of rotatable bonds is 7. The van der Waals surface area contributed by atoms with Gasteiger partial charge in [-0.2, -0.15) is 5.26 Å². The smallest absolute Gasteiger partial charge is 0.337 e. The largest absolute Gasteiger partial charge is 0.478 e. The number of benzene rings is 1. The number of ether oxygens (including phenoxy) is 1. The van der Waals surface area contributed by atoms with Crippen LogP contribution in [-0.4, -0.2) is 29.6 Å². The second-order valence-electron chi connectivity index (χ2n) is 4.69. The van der Waals surface area contributed by atoms with Gasteiger partial charge in [-0.05, 0) is 18.1 Å². The monoisotopic (exact) mass is 369 g/mol. The van der Waals surface area contributed by atoms with Crippen LogP contribution in [0.3, 0.4) is 0 Å². The van der Waals surface area contributed by atoms with E-state index in [0.29, 0.717) is 6.61 Å². The molecule has 142 valence electrons. The Morgan fingerprint density at radius 1 is 1.26 bits per heavy atom. The summed E-state index contributed by atoms with van der Waals surface area (Å²) in [6, 6.07) is 11.5. The van der Waals surface area contributed by atoms with Crippen LogP contribution in [-0.2, 0) is 19.1 Å². The molecule has 0 aliphatic rings. The van der Waals surface area contributed by atoms with Crippen molar-refractivity contribution in [1.82, 2.24) is 0 Å². The van der Waals surface area contributed by atoms with Crippen molar-refractivity contribution >= 4 is 24.0 Å². The van der Waals surface area contributed by atoms with E-state index in [1.807, 2.05) is 43.3 Å². The number of carboxylic acids is 1. The van der Waals surface area contributed by atoms with Crippen LogP contribution < -0.4 is 0 Å². The molecule has 0 saturated carbocycles. The number of hydrogen-bond acceptors (Lipinski definition) is 5. The first-order valence-corrected chi connectivity index (χ1v) is 7.96. The summed E-state index contributed by atoms with van der Waals surface area (Å²) in [6.45, 7) is 9.33. The molecule has 6 nitrogen and oxygen atoms in total. The summed E-state index contributed by atoms with van der Waals surface area (Å²) in [6.07, 6.45) is 6.28. The summed E-state index contributed by atoms with van der Waals surface area (Å²) >= 11 is 0. The Morgan fingerprint density at radius 3 is 2.26 bits per heavy atom. The zero-order chi connectivity index (χ0) is 20.9. The van der Waals surface area contributed by atoms with Gasteiger partial charge in [0.15, 0.2) is 0 Å². The van der Waals surface area contributed by atoms with E-state index >= 15 is 0 Å². The number of hydrogen-bond donors (Lipinski definition) is 1. The Hall–Kier alpha value is -3.68. The Bertz CT molecular complexity index is 708. The number of nitriles is 1. The van der Waals surface area contributed by atoms with Crippen molar-refractivity contribution < 1.29 is 24.2 Å². The molecule has 0 radical (unpaired) electrons. The third kappa shape index (κ3) is 18.5. The van der Waals surface area contributed by atoms with E-state index in [2.05, 4.69) is 13.2 Å². The Morgan fingerprint density at radius 2 is 1.89 bits per heavy atom. The van der Waals surface area contributed by atoms with Gasteiger partial charge in [0.05, 0.1) is 18.3 Å². The van der Waals surface area contributed by atoms with Gasteiger partial charge in [-0.15, -0.1) is 0 Å². The minimum absolute atomic E-state index is 0.0449. The number of aliphatic carboxylic acids is 1. The van der Waals surface area contributed by atoms with Crippen LogP contribution in [0.1, 0.15) is 25.3 Å². The van der Waals surface area contributed by atoms with Crippen molar-refractivity contribution in [2.45, 2.75) is 19.8 Å². The van der Waals surface area contributed by atoms with Gasteiger partial charge in [0.1, 0.15) is 12.0 Å². The van der Waals surface area contributed by atoms with E-state index in [4.69, 9.17) is 19.9 Å². The first-order valence-electron chi connectivity index (χ1n) is 7.96. The van der Waals surface area contributed by atoms with Gasteiger partial charge in [-0.3, -0.25) is 0 Å². The molecule has 0 fully saturated rings. The predicted molar refractivity (Wildman–Crippen MR) is 104 cm³/mol. The molecule has 0 aliphatic heterocycles. The Labute approximate surface area is 159 Å². The van der Waals surface area contributed by atoms with Gasteiger partial charge in [0, 0.05) is 6.08 Å². The number of unbranched alkanes of at least 4 members (excludes halogenated alkanes) is 1. The van der Waals surface area contributed by atoms with Crippen molar-refractivity contribution in [3.05, 3.63) is 72.9 Å². The van der Waals surface area contributed by atoms with Crippen LogP contribution in [0, 0.1) is 11.3 Å². The molecule has 0 aliphatic carbocycles. The van der Waals surface area contributed by atoms with Gasteiger partial charge in [-0.1, -0.05) is 62.9 Å². The van der Waals surface area contributed by atoms with Crippen molar-refractivity contribution in [2.24, 2.45) is 0 Å². The molecule has 0 amide bonds. The van der Waals surface area contributed by atoms with E-state index in [1.165, 1.54) is 17.6 Å². The van der Waals surface area contributed by atoms with Crippen molar-refractivity contribution in [2.75, 3.05) is 6.61 Å². The predicted octanol–water partition coefficient (Wildman–Crippen LogP) is 3.75. The zero-order valence-corrected chi connectivity index (χ0v) is 15.3.